The smallest absolute Gasteiger partial charge is 0.244 e. The fraction of sp³-hybridized carbons (Fsp3) is 0.333. The van der Waals surface area contributed by atoms with Crippen molar-refractivity contribution >= 4 is 27.5 Å². The normalized spacial score (nSPS) is 12.1. The van der Waals surface area contributed by atoms with Crippen LogP contribution in [-0.4, -0.2) is 50.5 Å². The zero-order valence-electron chi connectivity index (χ0n) is 23.2. The Morgan fingerprint density at radius 1 is 0.925 bits per heavy atom. The van der Waals surface area contributed by atoms with E-state index in [9.17, 15) is 22.4 Å². The predicted octanol–water partition coefficient (Wildman–Crippen LogP) is 4.36. The number of nitrogens with zero attached hydrogens (tertiary/aromatic N) is 2. The Morgan fingerprint density at radius 2 is 1.55 bits per heavy atom. The molecule has 10 heteroatoms. The van der Waals surface area contributed by atoms with Crippen LogP contribution in [0.1, 0.15) is 31.9 Å². The number of benzene rings is 3. The third-order valence-corrected chi connectivity index (χ3v) is 7.34. The highest BCUT2D eigenvalue weighted by Crippen LogP contribution is 2.23. The first kappa shape index (κ1) is 30.6. The lowest BCUT2D eigenvalue weighted by Crippen LogP contribution is -2.51. The maximum absolute atomic E-state index is 14.5. The zero-order valence-corrected chi connectivity index (χ0v) is 24.0. The molecule has 0 aromatic heterocycles. The number of hydrogen-bond donors (Lipinski definition) is 1. The van der Waals surface area contributed by atoms with Gasteiger partial charge in [-0.3, -0.25) is 13.9 Å². The lowest BCUT2D eigenvalue weighted by molar-refractivity contribution is -0.139. The molecule has 1 N–H and O–H groups in total. The first-order valence-electron chi connectivity index (χ1n) is 13.0. The molecule has 0 fully saturated rings. The van der Waals surface area contributed by atoms with E-state index in [1.807, 2.05) is 44.2 Å². The van der Waals surface area contributed by atoms with Gasteiger partial charge in [0, 0.05) is 18.7 Å². The van der Waals surface area contributed by atoms with E-state index in [2.05, 4.69) is 5.32 Å². The monoisotopic (exact) mass is 569 g/mol. The lowest BCUT2D eigenvalue weighted by atomic mass is 10.1. The van der Waals surface area contributed by atoms with Crippen LogP contribution >= 0.6 is 0 Å². The zero-order chi connectivity index (χ0) is 29.3. The average molecular weight is 570 g/mol. The Hall–Kier alpha value is -3.92. The summed E-state index contributed by atoms with van der Waals surface area (Å²) in [6.07, 6.45) is 1.00. The van der Waals surface area contributed by atoms with Gasteiger partial charge in [0.15, 0.2) is 0 Å². The molecule has 1 atom stereocenters. The highest BCUT2D eigenvalue weighted by molar-refractivity contribution is 7.92. The van der Waals surface area contributed by atoms with Crippen molar-refractivity contribution in [3.05, 3.63) is 95.8 Å². The largest absolute Gasteiger partial charge is 0.489 e. The van der Waals surface area contributed by atoms with Gasteiger partial charge >= 0.3 is 0 Å². The van der Waals surface area contributed by atoms with Gasteiger partial charge in [0.25, 0.3) is 0 Å². The summed E-state index contributed by atoms with van der Waals surface area (Å²) in [6.45, 7) is 5.39. The molecular formula is C30H36FN3O5S. The Morgan fingerprint density at radius 3 is 2.15 bits per heavy atom. The topological polar surface area (TPSA) is 96.0 Å². The molecule has 8 nitrogen and oxygen atoms in total. The number of ether oxygens (including phenoxy) is 1. The van der Waals surface area contributed by atoms with Gasteiger partial charge in [0.2, 0.25) is 21.8 Å². The average Bonchev–Trinajstić information content (AvgIpc) is 2.93. The van der Waals surface area contributed by atoms with E-state index in [1.165, 1.54) is 30.0 Å². The SMILES string of the molecule is CC(C)CNC(=O)[C@H](C)N(Cc1ccccc1F)C(=O)CN(c1ccc(OCc2ccccc2)cc1)S(C)(=O)=O. The Balaban J connectivity index is 1.82. The molecule has 0 aliphatic heterocycles. The number of hydrogen-bond acceptors (Lipinski definition) is 5. The molecule has 0 heterocycles. The number of carbonyl (C=O) groups excluding carboxylic acids is 2. The second-order valence-corrected chi connectivity index (χ2v) is 11.9. The number of sulfonamides is 1. The van der Waals surface area contributed by atoms with Gasteiger partial charge in [-0.25, -0.2) is 12.8 Å². The van der Waals surface area contributed by atoms with Crippen molar-refractivity contribution in [3.8, 4) is 5.75 Å². The molecule has 0 radical (unpaired) electrons. The first-order valence-corrected chi connectivity index (χ1v) is 14.9. The maximum atomic E-state index is 14.5. The third-order valence-electron chi connectivity index (χ3n) is 6.20. The Bertz CT molecular complexity index is 1380. The number of anilines is 1. The van der Waals surface area contributed by atoms with E-state index in [-0.39, 0.29) is 23.7 Å². The Labute approximate surface area is 235 Å². The summed E-state index contributed by atoms with van der Waals surface area (Å²) in [5.41, 5.74) is 1.45. The van der Waals surface area contributed by atoms with Crippen LogP contribution in [0, 0.1) is 11.7 Å². The van der Waals surface area contributed by atoms with E-state index in [0.29, 0.717) is 18.9 Å². The third kappa shape index (κ3) is 8.81. The molecule has 2 amide bonds. The fourth-order valence-electron chi connectivity index (χ4n) is 3.91. The summed E-state index contributed by atoms with van der Waals surface area (Å²) in [5, 5.41) is 2.79. The molecule has 0 spiro atoms. The van der Waals surface area contributed by atoms with Crippen LogP contribution in [0.2, 0.25) is 0 Å². The maximum Gasteiger partial charge on any atom is 0.244 e. The van der Waals surface area contributed by atoms with Gasteiger partial charge in [-0.05, 0) is 48.7 Å². The minimum absolute atomic E-state index is 0.187. The van der Waals surface area contributed by atoms with Gasteiger partial charge < -0.3 is 15.0 Å². The predicted molar refractivity (Wildman–Crippen MR) is 154 cm³/mol. The molecule has 0 unspecified atom stereocenters. The Kier molecular flexibility index (Phi) is 10.7. The first-order chi connectivity index (χ1) is 19.0. The van der Waals surface area contributed by atoms with Crippen molar-refractivity contribution in [2.75, 3.05) is 23.7 Å². The molecular weight excluding hydrogens is 533 g/mol. The van der Waals surface area contributed by atoms with Crippen molar-refractivity contribution in [1.29, 1.82) is 0 Å². The highest BCUT2D eigenvalue weighted by atomic mass is 32.2. The summed E-state index contributed by atoms with van der Waals surface area (Å²) in [4.78, 5) is 27.7. The molecule has 3 rings (SSSR count). The van der Waals surface area contributed by atoms with Crippen molar-refractivity contribution in [2.24, 2.45) is 5.92 Å². The van der Waals surface area contributed by atoms with E-state index >= 15 is 0 Å². The van der Waals surface area contributed by atoms with Crippen LogP contribution in [0.25, 0.3) is 0 Å². The second-order valence-electron chi connectivity index (χ2n) is 9.97. The van der Waals surface area contributed by atoms with E-state index < -0.39 is 40.2 Å². The summed E-state index contributed by atoms with van der Waals surface area (Å²) < 4.78 is 46.8. The van der Waals surface area contributed by atoms with Crippen LogP contribution in [0.15, 0.2) is 78.9 Å². The number of amides is 2. The number of nitrogens with one attached hydrogen (secondary N) is 1. The van der Waals surface area contributed by atoms with Gasteiger partial charge in [-0.2, -0.15) is 0 Å². The molecule has 0 bridgehead atoms. The molecule has 0 saturated carbocycles. The molecule has 214 valence electrons. The van der Waals surface area contributed by atoms with Crippen molar-refractivity contribution in [2.45, 2.75) is 40.0 Å². The van der Waals surface area contributed by atoms with Gasteiger partial charge in [0.1, 0.15) is 30.8 Å². The molecule has 3 aromatic carbocycles. The molecule has 40 heavy (non-hydrogen) atoms. The van der Waals surface area contributed by atoms with Crippen LogP contribution < -0.4 is 14.4 Å². The van der Waals surface area contributed by atoms with E-state index in [0.717, 1.165) is 16.1 Å². The van der Waals surface area contributed by atoms with E-state index in [4.69, 9.17) is 4.74 Å². The van der Waals surface area contributed by atoms with Crippen molar-refractivity contribution in [3.63, 3.8) is 0 Å². The number of carbonyl (C=O) groups is 2. The number of halogens is 1. The van der Waals surface area contributed by atoms with Crippen molar-refractivity contribution in [1.82, 2.24) is 10.2 Å². The van der Waals surface area contributed by atoms with Crippen LogP contribution in [0.5, 0.6) is 5.75 Å². The van der Waals surface area contributed by atoms with Crippen LogP contribution in [0.4, 0.5) is 10.1 Å². The standard InChI is InChI=1S/C30H36FN3O5S/c1-22(2)18-32-30(36)23(3)33(19-25-12-8-9-13-28(25)31)29(35)20-34(40(4,37)38)26-14-16-27(17-15-26)39-21-24-10-6-5-7-11-24/h5-17,22-23H,18-21H2,1-4H3,(H,32,36)/t23-/m0/s1. The molecule has 3 aromatic rings. The molecule has 0 aliphatic rings. The highest BCUT2D eigenvalue weighted by Gasteiger charge is 2.30. The van der Waals surface area contributed by atoms with E-state index in [1.54, 1.807) is 30.3 Å². The minimum Gasteiger partial charge on any atom is -0.489 e. The summed E-state index contributed by atoms with van der Waals surface area (Å²) in [7, 11) is -3.89. The molecule has 0 saturated heterocycles. The van der Waals surface area contributed by atoms with Gasteiger partial charge in [-0.15, -0.1) is 0 Å². The summed E-state index contributed by atoms with van der Waals surface area (Å²) >= 11 is 0. The second kappa shape index (κ2) is 13.9. The lowest BCUT2D eigenvalue weighted by Gasteiger charge is -2.31. The number of rotatable bonds is 13. The van der Waals surface area contributed by atoms with Crippen molar-refractivity contribution < 1.29 is 27.1 Å². The summed E-state index contributed by atoms with van der Waals surface area (Å²) in [5.74, 6) is -0.869. The van der Waals surface area contributed by atoms with Crippen LogP contribution in [-0.2, 0) is 32.8 Å². The minimum atomic E-state index is -3.89. The van der Waals surface area contributed by atoms with Gasteiger partial charge in [-0.1, -0.05) is 62.4 Å². The fourth-order valence-corrected chi connectivity index (χ4v) is 4.76. The quantitative estimate of drug-likeness (QED) is 0.330. The van der Waals surface area contributed by atoms with Gasteiger partial charge in [0.05, 0.1) is 11.9 Å². The van der Waals surface area contributed by atoms with Crippen LogP contribution in [0.3, 0.4) is 0 Å². The summed E-state index contributed by atoms with van der Waals surface area (Å²) in [6, 6.07) is 20.9. The molecule has 0 aliphatic carbocycles.